The van der Waals surface area contributed by atoms with Crippen molar-refractivity contribution in [1.29, 1.82) is 0 Å². The van der Waals surface area contributed by atoms with E-state index >= 15 is 0 Å². The molecule has 0 saturated carbocycles. The fourth-order valence-electron chi connectivity index (χ4n) is 2.65. The van der Waals surface area contributed by atoms with Gasteiger partial charge in [0.2, 0.25) is 0 Å². The van der Waals surface area contributed by atoms with E-state index in [0.717, 1.165) is 83.8 Å². The predicted molar refractivity (Wildman–Crippen MR) is 110 cm³/mol. The normalized spacial score (nSPS) is 12.0. The first-order valence-corrected chi connectivity index (χ1v) is 12.8. The van der Waals surface area contributed by atoms with Crippen molar-refractivity contribution in [2.45, 2.75) is 104 Å². The van der Waals surface area contributed by atoms with Crippen molar-refractivity contribution >= 4 is 8.80 Å². The van der Waals surface area contributed by atoms with Gasteiger partial charge in [0.15, 0.2) is 0 Å². The second-order valence-electron chi connectivity index (χ2n) is 6.95. The Labute approximate surface area is 158 Å². The molecule has 0 amide bonds. The highest BCUT2D eigenvalue weighted by molar-refractivity contribution is 6.60. The minimum Gasteiger partial charge on any atom is -0.373 e. The maximum Gasteiger partial charge on any atom is 0.500 e. The minimum absolute atomic E-state index is 0.775. The standard InChI is InChI=1S/C20H45NO3Si/c1-4-7-17-22-25(23-18-8-5-2,24-19-9-6-3)20-15-13-11-10-12-14-16-21/h4-21H2,1-3H3. The minimum atomic E-state index is -2.50. The summed E-state index contributed by atoms with van der Waals surface area (Å²) < 4.78 is 18.9. The predicted octanol–water partition coefficient (Wildman–Crippen LogP) is 5.67. The van der Waals surface area contributed by atoms with Crippen LogP contribution in [0.25, 0.3) is 0 Å². The summed E-state index contributed by atoms with van der Waals surface area (Å²) in [6.45, 7) is 9.74. The van der Waals surface area contributed by atoms with Crippen LogP contribution in [0.3, 0.4) is 0 Å². The van der Waals surface area contributed by atoms with Crippen LogP contribution < -0.4 is 5.73 Å². The number of hydrogen-bond donors (Lipinski definition) is 1. The average Bonchev–Trinajstić information content (AvgIpc) is 2.61. The third-order valence-electron chi connectivity index (χ3n) is 4.40. The average molecular weight is 376 g/mol. The molecule has 4 nitrogen and oxygen atoms in total. The van der Waals surface area contributed by atoms with Crippen molar-refractivity contribution in [3.05, 3.63) is 0 Å². The summed E-state index contributed by atoms with van der Waals surface area (Å²) in [7, 11) is -2.50. The van der Waals surface area contributed by atoms with Crippen LogP contribution in [0.4, 0.5) is 0 Å². The summed E-state index contributed by atoms with van der Waals surface area (Å²) in [4.78, 5) is 0. The molecule has 0 bridgehead atoms. The summed E-state index contributed by atoms with van der Waals surface area (Å²) in [6.07, 6.45) is 14.1. The van der Waals surface area contributed by atoms with Crippen LogP contribution >= 0.6 is 0 Å². The molecule has 0 aromatic carbocycles. The highest BCUT2D eigenvalue weighted by Gasteiger charge is 2.40. The van der Waals surface area contributed by atoms with Gasteiger partial charge in [-0.2, -0.15) is 0 Å². The third-order valence-corrected chi connectivity index (χ3v) is 7.29. The zero-order chi connectivity index (χ0) is 18.6. The van der Waals surface area contributed by atoms with Crippen LogP contribution in [0.2, 0.25) is 6.04 Å². The van der Waals surface area contributed by atoms with Crippen molar-refractivity contribution in [1.82, 2.24) is 0 Å². The Morgan fingerprint density at radius 2 is 0.960 bits per heavy atom. The molecule has 0 rings (SSSR count). The van der Waals surface area contributed by atoms with Gasteiger partial charge in [0, 0.05) is 25.9 Å². The zero-order valence-corrected chi connectivity index (χ0v) is 18.3. The molecule has 0 aromatic rings. The summed E-state index contributed by atoms with van der Waals surface area (Å²) in [5, 5.41) is 0. The number of unbranched alkanes of at least 4 members (excludes halogenated alkanes) is 8. The Bertz CT molecular complexity index is 241. The van der Waals surface area contributed by atoms with E-state index < -0.39 is 8.80 Å². The largest absolute Gasteiger partial charge is 0.500 e. The van der Waals surface area contributed by atoms with Gasteiger partial charge in [-0.25, -0.2) is 0 Å². The number of nitrogens with two attached hydrogens (primary N) is 1. The van der Waals surface area contributed by atoms with Crippen LogP contribution in [-0.2, 0) is 13.3 Å². The Morgan fingerprint density at radius 3 is 1.36 bits per heavy atom. The first kappa shape index (κ1) is 25.1. The first-order chi connectivity index (χ1) is 12.2. The van der Waals surface area contributed by atoms with Crippen molar-refractivity contribution in [3.8, 4) is 0 Å². The summed E-state index contributed by atoms with van der Waals surface area (Å²) in [6, 6.07) is 0.973. The second-order valence-corrected chi connectivity index (χ2v) is 9.68. The molecule has 152 valence electrons. The molecule has 0 heterocycles. The summed E-state index contributed by atoms with van der Waals surface area (Å²) in [5.41, 5.74) is 5.56. The van der Waals surface area contributed by atoms with E-state index in [-0.39, 0.29) is 0 Å². The van der Waals surface area contributed by atoms with Crippen LogP contribution in [0.1, 0.15) is 97.8 Å². The van der Waals surface area contributed by atoms with E-state index in [4.69, 9.17) is 19.0 Å². The molecule has 0 spiro atoms. The Balaban J connectivity index is 4.43. The second kappa shape index (κ2) is 18.8. The zero-order valence-electron chi connectivity index (χ0n) is 17.3. The lowest BCUT2D eigenvalue weighted by atomic mass is 10.1. The summed E-state index contributed by atoms with van der Waals surface area (Å²) >= 11 is 0. The molecule has 0 fully saturated rings. The van der Waals surface area contributed by atoms with Gasteiger partial charge < -0.3 is 19.0 Å². The van der Waals surface area contributed by atoms with Crippen LogP contribution in [-0.4, -0.2) is 35.2 Å². The van der Waals surface area contributed by atoms with Gasteiger partial charge >= 0.3 is 8.80 Å². The molecule has 0 aliphatic rings. The van der Waals surface area contributed by atoms with E-state index in [1.807, 2.05) is 0 Å². The van der Waals surface area contributed by atoms with E-state index in [2.05, 4.69) is 20.8 Å². The highest BCUT2D eigenvalue weighted by atomic mass is 28.4. The molecule has 5 heteroatoms. The summed E-state index contributed by atoms with van der Waals surface area (Å²) in [5.74, 6) is 0. The molecule has 0 unspecified atom stereocenters. The lowest BCUT2D eigenvalue weighted by Crippen LogP contribution is -2.46. The first-order valence-electron chi connectivity index (χ1n) is 10.9. The van der Waals surface area contributed by atoms with Crippen molar-refractivity contribution in [2.75, 3.05) is 26.4 Å². The Hall–Kier alpha value is 0.0569. The van der Waals surface area contributed by atoms with Gasteiger partial charge in [0.25, 0.3) is 0 Å². The van der Waals surface area contributed by atoms with Gasteiger partial charge in [-0.1, -0.05) is 65.7 Å². The van der Waals surface area contributed by atoms with Gasteiger partial charge in [0.05, 0.1) is 0 Å². The molecule has 0 saturated heterocycles. The van der Waals surface area contributed by atoms with E-state index in [0.29, 0.717) is 0 Å². The fourth-order valence-corrected chi connectivity index (χ4v) is 5.38. The monoisotopic (exact) mass is 375 g/mol. The highest BCUT2D eigenvalue weighted by Crippen LogP contribution is 2.22. The van der Waals surface area contributed by atoms with E-state index in [1.54, 1.807) is 0 Å². The Morgan fingerprint density at radius 1 is 0.560 bits per heavy atom. The van der Waals surface area contributed by atoms with Gasteiger partial charge in [-0.05, 0) is 38.6 Å². The molecular weight excluding hydrogens is 330 g/mol. The molecule has 2 N–H and O–H groups in total. The lowest BCUT2D eigenvalue weighted by molar-refractivity contribution is 0.0557. The third kappa shape index (κ3) is 14.9. The SMILES string of the molecule is CCCCO[Si](CCCCCCCCN)(OCCCC)OCCCC. The smallest absolute Gasteiger partial charge is 0.373 e. The van der Waals surface area contributed by atoms with Crippen LogP contribution in [0, 0.1) is 0 Å². The topological polar surface area (TPSA) is 53.7 Å². The van der Waals surface area contributed by atoms with Crippen LogP contribution in [0.15, 0.2) is 0 Å². The molecule has 0 aliphatic carbocycles. The molecular formula is C20H45NO3Si. The molecule has 0 aromatic heterocycles. The van der Waals surface area contributed by atoms with Crippen molar-refractivity contribution < 1.29 is 13.3 Å². The molecule has 25 heavy (non-hydrogen) atoms. The van der Waals surface area contributed by atoms with Crippen LogP contribution in [0.5, 0.6) is 0 Å². The quantitative estimate of drug-likeness (QED) is 0.220. The fraction of sp³-hybridized carbons (Fsp3) is 1.00. The van der Waals surface area contributed by atoms with Gasteiger partial charge in [-0.15, -0.1) is 0 Å². The van der Waals surface area contributed by atoms with Gasteiger partial charge in [0.1, 0.15) is 0 Å². The maximum atomic E-state index is 6.29. The van der Waals surface area contributed by atoms with Crippen molar-refractivity contribution in [2.24, 2.45) is 5.73 Å². The van der Waals surface area contributed by atoms with Gasteiger partial charge in [-0.3, -0.25) is 0 Å². The van der Waals surface area contributed by atoms with E-state index in [1.165, 1.54) is 25.7 Å². The van der Waals surface area contributed by atoms with Crippen molar-refractivity contribution in [3.63, 3.8) is 0 Å². The lowest BCUT2D eigenvalue weighted by Gasteiger charge is -2.30. The maximum absolute atomic E-state index is 6.29. The van der Waals surface area contributed by atoms with E-state index in [9.17, 15) is 0 Å². The number of hydrogen-bond acceptors (Lipinski definition) is 4. The molecule has 0 radical (unpaired) electrons. The Kier molecular flexibility index (Phi) is 18.9. The molecule has 0 atom stereocenters. The molecule has 0 aliphatic heterocycles. The number of rotatable bonds is 20.